The Balaban J connectivity index is 0.000000172. The molecule has 4 heterocycles. The number of hydrogen-bond donors (Lipinski definition) is 0. The second kappa shape index (κ2) is 21.8. The first kappa shape index (κ1) is 39.5. The minimum Gasteiger partial charge on any atom is -0.369 e. The lowest BCUT2D eigenvalue weighted by Gasteiger charge is -2.31. The van der Waals surface area contributed by atoms with Gasteiger partial charge in [-0.25, -0.2) is 0 Å². The highest BCUT2D eigenvalue weighted by Crippen LogP contribution is 2.36. The van der Waals surface area contributed by atoms with Crippen molar-refractivity contribution < 1.29 is 14.2 Å². The number of pyridine rings is 4. The molecule has 1 aliphatic carbocycles. The average molecular weight is 689 g/mol. The second-order valence-electron chi connectivity index (χ2n) is 13.6. The number of rotatable bonds is 12. The van der Waals surface area contributed by atoms with Gasteiger partial charge in [0.1, 0.15) is 18.3 Å². The van der Waals surface area contributed by atoms with E-state index in [1.54, 1.807) is 18.6 Å². The summed E-state index contributed by atoms with van der Waals surface area (Å²) in [6, 6.07) is 33.9. The first-order chi connectivity index (χ1) is 24.8. The molecule has 6 rings (SSSR count). The Hall–Kier alpha value is -4.30. The molecular weight excluding hydrogens is 633 g/mol. The van der Waals surface area contributed by atoms with E-state index in [-0.39, 0.29) is 36.6 Å². The zero-order valence-corrected chi connectivity index (χ0v) is 31.2. The fourth-order valence-corrected chi connectivity index (χ4v) is 6.07. The van der Waals surface area contributed by atoms with Crippen LogP contribution in [0.25, 0.3) is 0 Å². The highest BCUT2D eigenvalue weighted by molar-refractivity contribution is 5.26. The van der Waals surface area contributed by atoms with Gasteiger partial charge in [-0.2, -0.15) is 0 Å². The molecule has 0 spiro atoms. The van der Waals surface area contributed by atoms with Crippen LogP contribution in [-0.2, 0) is 14.2 Å². The third-order valence-electron chi connectivity index (χ3n) is 8.26. The number of ether oxygens (including phenoxy) is 3. The van der Waals surface area contributed by atoms with Crippen LogP contribution < -0.4 is 0 Å². The minimum absolute atomic E-state index is 0.0857. The van der Waals surface area contributed by atoms with Crippen LogP contribution in [0, 0.1) is 5.92 Å². The quantitative estimate of drug-likeness (QED) is 0.129. The van der Waals surface area contributed by atoms with E-state index >= 15 is 0 Å². The van der Waals surface area contributed by atoms with Crippen molar-refractivity contribution in [2.75, 3.05) is 0 Å². The van der Waals surface area contributed by atoms with E-state index in [2.05, 4.69) is 58.0 Å². The van der Waals surface area contributed by atoms with Gasteiger partial charge in [-0.1, -0.05) is 73.9 Å². The van der Waals surface area contributed by atoms with Crippen molar-refractivity contribution in [2.24, 2.45) is 5.92 Å². The maximum absolute atomic E-state index is 6.11. The first-order valence-corrected chi connectivity index (χ1v) is 18.5. The molecule has 0 amide bonds. The van der Waals surface area contributed by atoms with Gasteiger partial charge in [-0.3, -0.25) is 19.9 Å². The van der Waals surface area contributed by atoms with Gasteiger partial charge in [-0.15, -0.1) is 0 Å². The van der Waals surface area contributed by atoms with Crippen molar-refractivity contribution >= 4 is 0 Å². The summed E-state index contributed by atoms with van der Waals surface area (Å²) in [7, 11) is 0. The highest BCUT2D eigenvalue weighted by atomic mass is 16.5. The van der Waals surface area contributed by atoms with E-state index in [4.69, 9.17) is 14.2 Å². The first-order valence-electron chi connectivity index (χ1n) is 18.5. The van der Waals surface area contributed by atoms with E-state index in [9.17, 15) is 0 Å². The summed E-state index contributed by atoms with van der Waals surface area (Å²) >= 11 is 0. The summed E-state index contributed by atoms with van der Waals surface area (Å²) in [6.45, 7) is 12.3. The Labute approximate surface area is 305 Å². The smallest absolute Gasteiger partial charge is 0.142 e. The molecule has 0 saturated heterocycles. The molecule has 0 N–H and O–H groups in total. The Morgan fingerprint density at radius 2 is 0.824 bits per heavy atom. The molecule has 0 aliphatic heterocycles. The van der Waals surface area contributed by atoms with Crippen LogP contribution >= 0.6 is 0 Å². The van der Waals surface area contributed by atoms with Gasteiger partial charge in [0.25, 0.3) is 0 Å². The summed E-state index contributed by atoms with van der Waals surface area (Å²) in [4.78, 5) is 17.6. The topological polar surface area (TPSA) is 79.2 Å². The zero-order chi connectivity index (χ0) is 36.3. The summed E-state index contributed by atoms with van der Waals surface area (Å²) in [6.07, 6.45) is 14.3. The van der Waals surface area contributed by atoms with Gasteiger partial charge in [-0.05, 0) is 114 Å². The van der Waals surface area contributed by atoms with Gasteiger partial charge < -0.3 is 14.2 Å². The van der Waals surface area contributed by atoms with Gasteiger partial charge in [0.2, 0.25) is 0 Å². The fourth-order valence-electron chi connectivity index (χ4n) is 6.07. The van der Waals surface area contributed by atoms with Gasteiger partial charge in [0.05, 0.1) is 41.1 Å². The highest BCUT2D eigenvalue weighted by Gasteiger charge is 2.27. The third kappa shape index (κ3) is 13.7. The molecule has 4 aromatic heterocycles. The summed E-state index contributed by atoms with van der Waals surface area (Å²) in [5, 5.41) is 0. The average Bonchev–Trinajstić information content (AvgIpc) is 3.17. The second-order valence-corrected chi connectivity index (χ2v) is 13.6. The van der Waals surface area contributed by atoms with Gasteiger partial charge >= 0.3 is 0 Å². The molecule has 7 heteroatoms. The minimum atomic E-state index is -0.197. The van der Waals surface area contributed by atoms with Crippen LogP contribution in [0.15, 0.2) is 128 Å². The van der Waals surface area contributed by atoms with Gasteiger partial charge in [0.15, 0.2) is 0 Å². The van der Waals surface area contributed by atoms with Crippen molar-refractivity contribution in [1.29, 1.82) is 0 Å². The predicted octanol–water partition coefficient (Wildman–Crippen LogP) is 10.7. The lowest BCUT2D eigenvalue weighted by atomic mass is 9.84. The Morgan fingerprint density at radius 1 is 0.431 bits per heavy atom. The molecule has 1 saturated carbocycles. The summed E-state index contributed by atoms with van der Waals surface area (Å²) in [5.41, 5.74) is 4.97. The van der Waals surface area contributed by atoms with Crippen LogP contribution in [-0.4, -0.2) is 38.2 Å². The maximum Gasteiger partial charge on any atom is 0.142 e. The molecule has 0 bridgehead atoms. The largest absolute Gasteiger partial charge is 0.369 e. The molecular formula is C44H56N4O3. The van der Waals surface area contributed by atoms with Crippen LogP contribution in [0.2, 0.25) is 0 Å². The Morgan fingerprint density at radius 3 is 1.24 bits per heavy atom. The van der Waals surface area contributed by atoms with Crippen molar-refractivity contribution in [3.05, 3.63) is 156 Å². The van der Waals surface area contributed by atoms with E-state index in [1.165, 1.54) is 32.1 Å². The van der Waals surface area contributed by atoms with Crippen molar-refractivity contribution in [3.8, 4) is 0 Å². The molecule has 51 heavy (non-hydrogen) atoms. The van der Waals surface area contributed by atoms with Crippen LogP contribution in [0.4, 0.5) is 0 Å². The Bertz CT molecular complexity index is 1420. The molecule has 1 fully saturated rings. The molecule has 0 radical (unpaired) electrons. The number of hydrogen-bond acceptors (Lipinski definition) is 7. The van der Waals surface area contributed by atoms with E-state index < -0.39 is 0 Å². The van der Waals surface area contributed by atoms with Crippen molar-refractivity contribution in [2.45, 2.75) is 110 Å². The van der Waals surface area contributed by atoms with E-state index in [0.29, 0.717) is 5.92 Å². The number of benzene rings is 1. The molecule has 1 aromatic carbocycles. The molecule has 270 valence electrons. The fraction of sp³-hybridized carbons (Fsp3) is 0.409. The monoisotopic (exact) mass is 688 g/mol. The standard InChI is InChI=1S/C15H23NO.C15H17NO.C14H16N2O/c2*1-12(2)17-15(13-8-4-3-5-9-13)14-10-6-7-11-16-14;1-11(2)17-14(12-7-3-5-9-15-12)13-8-4-6-10-16-13/h6-7,10-13,15H,3-5,8-9H2,1-2H3;3-12,15H,1-2H3;3-11,14H,1-2H3. The van der Waals surface area contributed by atoms with E-state index in [0.717, 1.165) is 28.3 Å². The number of nitrogens with zero attached hydrogens (tertiary/aromatic N) is 4. The Kier molecular flexibility index (Phi) is 16.9. The van der Waals surface area contributed by atoms with Crippen molar-refractivity contribution in [1.82, 2.24) is 19.9 Å². The molecule has 1 aliphatic rings. The third-order valence-corrected chi connectivity index (χ3v) is 8.26. The molecule has 7 nitrogen and oxygen atoms in total. The van der Waals surface area contributed by atoms with Crippen LogP contribution in [0.3, 0.4) is 0 Å². The van der Waals surface area contributed by atoms with E-state index in [1.807, 2.05) is 113 Å². The summed E-state index contributed by atoms with van der Waals surface area (Å²) < 4.78 is 18.0. The van der Waals surface area contributed by atoms with Gasteiger partial charge in [0, 0.05) is 24.8 Å². The lowest BCUT2D eigenvalue weighted by Crippen LogP contribution is -2.22. The predicted molar refractivity (Wildman–Crippen MR) is 205 cm³/mol. The molecule has 2 unspecified atom stereocenters. The molecule has 5 aromatic rings. The van der Waals surface area contributed by atoms with Crippen molar-refractivity contribution in [3.63, 3.8) is 0 Å². The summed E-state index contributed by atoms with van der Waals surface area (Å²) in [5.74, 6) is 0.654. The SMILES string of the molecule is CC(C)OC(c1ccccc1)c1ccccn1.CC(C)OC(c1ccccn1)C1CCCCC1.CC(C)OC(c1ccccn1)c1ccccn1. The number of aromatic nitrogens is 4. The normalized spacial score (nSPS) is 14.4. The molecule has 2 atom stereocenters. The maximum atomic E-state index is 6.11. The lowest BCUT2D eigenvalue weighted by molar-refractivity contribution is -0.0400. The van der Waals surface area contributed by atoms with Crippen LogP contribution in [0.1, 0.15) is 120 Å². The van der Waals surface area contributed by atoms with Crippen LogP contribution in [0.5, 0.6) is 0 Å². The zero-order valence-electron chi connectivity index (χ0n) is 31.2.